The fourth-order valence-electron chi connectivity index (χ4n) is 6.37. The number of fused-ring (bicyclic) bond motifs is 2. The molecule has 1 saturated heterocycles. The lowest BCUT2D eigenvalue weighted by atomic mass is 9.77. The highest BCUT2D eigenvalue weighted by Crippen LogP contribution is 2.51. The number of halogens is 1. The van der Waals surface area contributed by atoms with Gasteiger partial charge in [0.2, 0.25) is 5.91 Å². The van der Waals surface area contributed by atoms with Gasteiger partial charge in [0, 0.05) is 17.6 Å². The fraction of sp³-hybridized carbons (Fsp3) is 0.481. The van der Waals surface area contributed by atoms with Crippen molar-refractivity contribution >= 4 is 39.2 Å². The van der Waals surface area contributed by atoms with Gasteiger partial charge in [0.1, 0.15) is 4.90 Å². The molecule has 2 saturated carbocycles. The molecule has 7 nitrogen and oxygen atoms in total. The summed E-state index contributed by atoms with van der Waals surface area (Å²) in [7, 11) is -4.04. The molecule has 1 N–H and O–H groups in total. The predicted molar refractivity (Wildman–Crippen MR) is 137 cm³/mol. The average Bonchev–Trinajstić information content (AvgIpc) is 3.69. The predicted octanol–water partition coefficient (Wildman–Crippen LogP) is 5.29. The smallest absolute Gasteiger partial charge is 0.336 e. The first-order chi connectivity index (χ1) is 17.3. The van der Waals surface area contributed by atoms with E-state index in [4.69, 9.17) is 11.6 Å². The number of hydrogen-bond donors (Lipinski definition) is 1. The van der Waals surface area contributed by atoms with Crippen molar-refractivity contribution in [2.24, 2.45) is 5.92 Å². The Morgan fingerprint density at radius 1 is 1.03 bits per heavy atom. The molecule has 2 unspecified atom stereocenters. The molecule has 3 amide bonds. The van der Waals surface area contributed by atoms with E-state index in [-0.39, 0.29) is 28.1 Å². The minimum atomic E-state index is -4.04. The molecule has 2 atom stereocenters. The molecule has 0 aromatic heterocycles. The summed E-state index contributed by atoms with van der Waals surface area (Å²) in [6, 6.07) is 11.6. The molecule has 9 heteroatoms. The summed E-state index contributed by atoms with van der Waals surface area (Å²) in [4.78, 5) is 28.6. The molecule has 4 aliphatic rings. The first kappa shape index (κ1) is 23.8. The molecule has 2 aromatic rings. The molecule has 0 radical (unpaired) electrons. The van der Waals surface area contributed by atoms with Crippen molar-refractivity contribution in [3.8, 4) is 0 Å². The first-order valence-corrected chi connectivity index (χ1v) is 14.7. The van der Waals surface area contributed by atoms with Gasteiger partial charge in [0.05, 0.1) is 17.6 Å². The Kier molecular flexibility index (Phi) is 5.80. The SMILES string of the molecule is O=C1Nc2ccc(Cl)cc2S(=O)(=O)N1Cc1ccc(C2(C(=O)N3CCCC4CCCCC43)CC2)cc1. The molecule has 0 bridgehead atoms. The molecular formula is C27H30ClN3O4S. The topological polar surface area (TPSA) is 86.8 Å². The Bertz CT molecular complexity index is 1320. The highest BCUT2D eigenvalue weighted by Gasteiger charge is 2.54. The molecule has 190 valence electrons. The zero-order chi connectivity index (χ0) is 25.1. The molecule has 2 aromatic carbocycles. The summed E-state index contributed by atoms with van der Waals surface area (Å²) in [5.41, 5.74) is 1.43. The second-order valence-electron chi connectivity index (χ2n) is 10.6. The third kappa shape index (κ3) is 3.89. The Morgan fingerprint density at radius 2 is 1.75 bits per heavy atom. The van der Waals surface area contributed by atoms with E-state index in [1.165, 1.54) is 43.9 Å². The van der Waals surface area contributed by atoms with Gasteiger partial charge in [-0.05, 0) is 73.8 Å². The number of urea groups is 1. The third-order valence-corrected chi connectivity index (χ3v) is 10.5. The maximum absolute atomic E-state index is 13.8. The van der Waals surface area contributed by atoms with Crippen molar-refractivity contribution in [3.05, 3.63) is 58.6 Å². The zero-order valence-corrected chi connectivity index (χ0v) is 21.7. The Morgan fingerprint density at radius 3 is 2.50 bits per heavy atom. The summed E-state index contributed by atoms with van der Waals surface area (Å²) in [5, 5.41) is 2.91. The minimum Gasteiger partial charge on any atom is -0.339 e. The van der Waals surface area contributed by atoms with Gasteiger partial charge in [-0.2, -0.15) is 0 Å². The van der Waals surface area contributed by atoms with Crippen molar-refractivity contribution in [1.82, 2.24) is 9.21 Å². The average molecular weight is 528 g/mol. The van der Waals surface area contributed by atoms with Gasteiger partial charge in [-0.15, -0.1) is 0 Å². The summed E-state index contributed by atoms with van der Waals surface area (Å²) < 4.78 is 27.1. The number of benzene rings is 2. The van der Waals surface area contributed by atoms with E-state index < -0.39 is 21.5 Å². The Balaban J connectivity index is 1.21. The van der Waals surface area contributed by atoms with Crippen molar-refractivity contribution in [3.63, 3.8) is 0 Å². The molecule has 6 rings (SSSR count). The number of hydrogen-bond acceptors (Lipinski definition) is 4. The van der Waals surface area contributed by atoms with Crippen LogP contribution in [0.5, 0.6) is 0 Å². The quantitative estimate of drug-likeness (QED) is 0.585. The van der Waals surface area contributed by atoms with Crippen LogP contribution in [0.1, 0.15) is 62.5 Å². The molecule has 0 spiro atoms. The number of nitrogens with one attached hydrogen (secondary N) is 1. The number of likely N-dealkylation sites (tertiary alicyclic amines) is 1. The monoisotopic (exact) mass is 527 g/mol. The van der Waals surface area contributed by atoms with Crippen LogP contribution in [-0.2, 0) is 26.8 Å². The third-order valence-electron chi connectivity index (χ3n) is 8.48. The number of amides is 3. The molecule has 36 heavy (non-hydrogen) atoms. The lowest BCUT2D eigenvalue weighted by molar-refractivity contribution is -0.140. The molecule has 3 fully saturated rings. The fourth-order valence-corrected chi connectivity index (χ4v) is 8.10. The largest absolute Gasteiger partial charge is 0.339 e. The Labute approximate surface area is 216 Å². The van der Waals surface area contributed by atoms with Crippen LogP contribution in [0.3, 0.4) is 0 Å². The van der Waals surface area contributed by atoms with Crippen molar-refractivity contribution in [2.75, 3.05) is 11.9 Å². The van der Waals surface area contributed by atoms with Gasteiger partial charge in [-0.3, -0.25) is 4.79 Å². The van der Waals surface area contributed by atoms with Crippen LogP contribution in [0, 0.1) is 5.92 Å². The van der Waals surface area contributed by atoms with Crippen LogP contribution < -0.4 is 5.32 Å². The number of nitrogens with zero attached hydrogens (tertiary/aromatic N) is 2. The summed E-state index contributed by atoms with van der Waals surface area (Å²) >= 11 is 6.01. The minimum absolute atomic E-state index is 0.0173. The van der Waals surface area contributed by atoms with Gasteiger partial charge >= 0.3 is 6.03 Å². The van der Waals surface area contributed by atoms with Crippen molar-refractivity contribution in [2.45, 2.75) is 74.3 Å². The van der Waals surface area contributed by atoms with Crippen molar-refractivity contribution in [1.29, 1.82) is 0 Å². The summed E-state index contributed by atoms with van der Waals surface area (Å²) in [6.45, 7) is 0.754. The number of rotatable bonds is 4. The van der Waals surface area contributed by atoms with Gasteiger partial charge in [0.15, 0.2) is 0 Å². The van der Waals surface area contributed by atoms with Crippen LogP contribution in [0.25, 0.3) is 0 Å². The van der Waals surface area contributed by atoms with E-state index in [0.717, 1.165) is 42.1 Å². The maximum Gasteiger partial charge on any atom is 0.336 e. The normalized spacial score (nSPS) is 26.0. The number of carbonyl (C=O) groups is 2. The van der Waals surface area contributed by atoms with Crippen molar-refractivity contribution < 1.29 is 18.0 Å². The van der Waals surface area contributed by atoms with E-state index in [1.807, 2.05) is 24.3 Å². The lowest BCUT2D eigenvalue weighted by Crippen LogP contribution is -2.52. The molecule has 2 aliphatic carbocycles. The Hall–Kier alpha value is -2.58. The lowest BCUT2D eigenvalue weighted by Gasteiger charge is -2.45. The maximum atomic E-state index is 13.8. The molecule has 2 aliphatic heterocycles. The highest BCUT2D eigenvalue weighted by atomic mass is 35.5. The van der Waals surface area contributed by atoms with Crippen LogP contribution in [0.4, 0.5) is 10.5 Å². The summed E-state index contributed by atoms with van der Waals surface area (Å²) in [6.07, 6.45) is 8.85. The van der Waals surface area contributed by atoms with Gasteiger partial charge in [0.25, 0.3) is 10.0 Å². The molecular weight excluding hydrogens is 498 g/mol. The second kappa shape index (κ2) is 8.77. The van der Waals surface area contributed by atoms with E-state index in [1.54, 1.807) is 0 Å². The van der Waals surface area contributed by atoms with Crippen LogP contribution >= 0.6 is 11.6 Å². The van der Waals surface area contributed by atoms with Crippen LogP contribution in [-0.4, -0.2) is 42.1 Å². The standard InChI is InChI=1S/C27H30ClN3O4S/c28-21-11-12-22-24(16-21)36(34,35)31(26(33)29-22)17-18-7-9-20(10-8-18)27(13-14-27)25(32)30-15-3-5-19-4-1-2-6-23(19)30/h7-12,16,19,23H,1-6,13-15,17H2,(H,29,33). The van der Waals surface area contributed by atoms with E-state index >= 15 is 0 Å². The number of anilines is 1. The number of carbonyl (C=O) groups excluding carboxylic acids is 2. The highest BCUT2D eigenvalue weighted by molar-refractivity contribution is 7.90. The molecule has 2 heterocycles. The number of sulfonamides is 1. The van der Waals surface area contributed by atoms with Crippen LogP contribution in [0.2, 0.25) is 5.02 Å². The van der Waals surface area contributed by atoms with Gasteiger partial charge in [-0.25, -0.2) is 17.5 Å². The summed E-state index contributed by atoms with van der Waals surface area (Å²) in [5.74, 6) is 0.908. The van der Waals surface area contributed by atoms with Gasteiger partial charge in [-0.1, -0.05) is 48.7 Å². The van der Waals surface area contributed by atoms with Crippen LogP contribution in [0.15, 0.2) is 47.4 Å². The van der Waals surface area contributed by atoms with E-state index in [2.05, 4.69) is 10.2 Å². The zero-order valence-electron chi connectivity index (χ0n) is 20.1. The number of piperidine rings is 1. The van der Waals surface area contributed by atoms with E-state index in [9.17, 15) is 18.0 Å². The van der Waals surface area contributed by atoms with E-state index in [0.29, 0.717) is 17.5 Å². The van der Waals surface area contributed by atoms with Gasteiger partial charge < -0.3 is 10.2 Å². The second-order valence-corrected chi connectivity index (χ2v) is 12.9. The first-order valence-electron chi connectivity index (χ1n) is 12.8.